The minimum Gasteiger partial charge on any atom is -0.497 e. The summed E-state index contributed by atoms with van der Waals surface area (Å²) in [4.78, 5) is 4.64. The average molecular weight is 288 g/mol. The number of fused-ring (bicyclic) bond motifs is 1. The van der Waals surface area contributed by atoms with Gasteiger partial charge in [-0.3, -0.25) is 0 Å². The second-order valence-electron chi connectivity index (χ2n) is 4.55. The minimum atomic E-state index is 0.534. The van der Waals surface area contributed by atoms with Crippen LogP contribution in [0.15, 0.2) is 36.4 Å². The summed E-state index contributed by atoms with van der Waals surface area (Å²) < 4.78 is 7.22. The number of rotatable bonds is 2. The number of hydrogen-bond donors (Lipinski definition) is 1. The lowest BCUT2D eigenvalue weighted by Gasteiger charge is -2.07. The number of nitrogen functional groups attached to an aromatic ring is 1. The van der Waals surface area contributed by atoms with Crippen LogP contribution in [0.25, 0.3) is 22.4 Å². The largest absolute Gasteiger partial charge is 0.497 e. The number of nitrogens with zero attached hydrogens (tertiary/aromatic N) is 2. The molecule has 20 heavy (non-hydrogen) atoms. The zero-order chi connectivity index (χ0) is 14.3. The molecule has 0 aliphatic carbocycles. The Morgan fingerprint density at radius 2 is 2.05 bits per heavy atom. The Hall–Kier alpha value is -2.20. The molecule has 2 aromatic carbocycles. The molecule has 2 N–H and O–H groups in total. The molecular formula is C15H14ClN3O. The molecule has 0 saturated carbocycles. The van der Waals surface area contributed by atoms with E-state index in [9.17, 15) is 0 Å². The molecule has 0 bridgehead atoms. The van der Waals surface area contributed by atoms with Crippen LogP contribution in [0.5, 0.6) is 5.75 Å². The van der Waals surface area contributed by atoms with Crippen molar-refractivity contribution in [1.29, 1.82) is 0 Å². The standard InChI is InChI=1S/C15H14ClN3O/c1-19-13-7-6-9(20-2)8-12(13)18-15(19)10-4-3-5-11(16)14(10)17/h3-8H,17H2,1-2H3. The van der Waals surface area contributed by atoms with E-state index in [1.807, 2.05) is 41.9 Å². The van der Waals surface area contributed by atoms with Crippen molar-refractivity contribution in [1.82, 2.24) is 9.55 Å². The Kier molecular flexibility index (Phi) is 3.03. The molecule has 1 heterocycles. The molecule has 0 fully saturated rings. The fourth-order valence-corrected chi connectivity index (χ4v) is 2.45. The topological polar surface area (TPSA) is 53.1 Å². The summed E-state index contributed by atoms with van der Waals surface area (Å²) in [6.07, 6.45) is 0. The Bertz CT molecular complexity index is 795. The number of aryl methyl sites for hydroxylation is 1. The lowest BCUT2D eigenvalue weighted by Crippen LogP contribution is -1.97. The lowest BCUT2D eigenvalue weighted by molar-refractivity contribution is 0.415. The summed E-state index contributed by atoms with van der Waals surface area (Å²) in [7, 11) is 3.59. The fourth-order valence-electron chi connectivity index (χ4n) is 2.28. The van der Waals surface area contributed by atoms with E-state index in [0.29, 0.717) is 10.7 Å². The molecule has 0 saturated heterocycles. The zero-order valence-corrected chi connectivity index (χ0v) is 12.0. The predicted octanol–water partition coefficient (Wildman–Crippen LogP) is 3.48. The van der Waals surface area contributed by atoms with Crippen LogP contribution in [-0.2, 0) is 7.05 Å². The molecule has 3 rings (SSSR count). The number of anilines is 1. The third kappa shape index (κ3) is 1.89. The first-order valence-electron chi connectivity index (χ1n) is 6.16. The number of imidazole rings is 1. The summed E-state index contributed by atoms with van der Waals surface area (Å²) >= 11 is 6.08. The van der Waals surface area contributed by atoms with E-state index in [2.05, 4.69) is 4.98 Å². The van der Waals surface area contributed by atoms with Gasteiger partial charge in [0.1, 0.15) is 11.6 Å². The highest BCUT2D eigenvalue weighted by atomic mass is 35.5. The molecule has 0 radical (unpaired) electrons. The number of benzene rings is 2. The number of nitrogens with two attached hydrogens (primary N) is 1. The predicted molar refractivity (Wildman–Crippen MR) is 82.1 cm³/mol. The molecule has 102 valence electrons. The van der Waals surface area contributed by atoms with Gasteiger partial charge in [-0.1, -0.05) is 17.7 Å². The summed E-state index contributed by atoms with van der Waals surface area (Å²) in [5, 5.41) is 0.534. The number of para-hydroxylation sites is 1. The van der Waals surface area contributed by atoms with Crippen LogP contribution in [-0.4, -0.2) is 16.7 Å². The van der Waals surface area contributed by atoms with Gasteiger partial charge in [-0.05, 0) is 24.3 Å². The van der Waals surface area contributed by atoms with Crippen LogP contribution in [0.3, 0.4) is 0 Å². The van der Waals surface area contributed by atoms with Gasteiger partial charge in [-0.2, -0.15) is 0 Å². The third-order valence-corrected chi connectivity index (χ3v) is 3.71. The quantitative estimate of drug-likeness (QED) is 0.734. The van der Waals surface area contributed by atoms with Crippen LogP contribution < -0.4 is 10.5 Å². The van der Waals surface area contributed by atoms with Crippen molar-refractivity contribution in [2.75, 3.05) is 12.8 Å². The molecule has 1 aromatic heterocycles. The first kappa shape index (κ1) is 12.8. The number of ether oxygens (including phenoxy) is 1. The normalized spacial score (nSPS) is 10.9. The van der Waals surface area contributed by atoms with Gasteiger partial charge in [0.05, 0.1) is 28.9 Å². The first-order valence-corrected chi connectivity index (χ1v) is 6.54. The monoisotopic (exact) mass is 287 g/mol. The van der Waals surface area contributed by atoms with Gasteiger partial charge in [0.15, 0.2) is 0 Å². The van der Waals surface area contributed by atoms with Crippen molar-refractivity contribution in [3.8, 4) is 17.1 Å². The van der Waals surface area contributed by atoms with Crippen molar-refractivity contribution < 1.29 is 4.74 Å². The molecule has 5 heteroatoms. The fraction of sp³-hybridized carbons (Fsp3) is 0.133. The number of aromatic nitrogens is 2. The molecule has 0 spiro atoms. The second-order valence-corrected chi connectivity index (χ2v) is 4.96. The van der Waals surface area contributed by atoms with E-state index in [-0.39, 0.29) is 0 Å². The summed E-state index contributed by atoms with van der Waals surface area (Å²) in [6, 6.07) is 11.3. The lowest BCUT2D eigenvalue weighted by atomic mass is 10.1. The van der Waals surface area contributed by atoms with Crippen molar-refractivity contribution in [2.45, 2.75) is 0 Å². The van der Waals surface area contributed by atoms with E-state index >= 15 is 0 Å². The maximum atomic E-state index is 6.08. The van der Waals surface area contributed by atoms with E-state index in [0.717, 1.165) is 28.2 Å². The van der Waals surface area contributed by atoms with Crippen molar-refractivity contribution >= 4 is 28.3 Å². The van der Waals surface area contributed by atoms with Gasteiger partial charge in [0.25, 0.3) is 0 Å². The van der Waals surface area contributed by atoms with Crippen LogP contribution in [0.4, 0.5) is 5.69 Å². The van der Waals surface area contributed by atoms with Gasteiger partial charge >= 0.3 is 0 Å². The van der Waals surface area contributed by atoms with Crippen LogP contribution in [0.1, 0.15) is 0 Å². The van der Waals surface area contributed by atoms with Gasteiger partial charge in [0.2, 0.25) is 0 Å². The second kappa shape index (κ2) is 4.72. The van der Waals surface area contributed by atoms with Crippen LogP contribution in [0.2, 0.25) is 5.02 Å². The SMILES string of the molecule is COc1ccc2c(c1)nc(-c1cccc(Cl)c1N)n2C. The molecule has 0 atom stereocenters. The Balaban J connectivity index is 2.26. The van der Waals surface area contributed by atoms with Crippen LogP contribution >= 0.6 is 11.6 Å². The average Bonchev–Trinajstić information content (AvgIpc) is 2.78. The van der Waals surface area contributed by atoms with E-state index in [1.165, 1.54) is 0 Å². The number of methoxy groups -OCH3 is 1. The Labute approximate surface area is 121 Å². The van der Waals surface area contributed by atoms with Crippen molar-refractivity contribution in [3.05, 3.63) is 41.4 Å². The smallest absolute Gasteiger partial charge is 0.143 e. The van der Waals surface area contributed by atoms with Gasteiger partial charge in [0, 0.05) is 18.7 Å². The van der Waals surface area contributed by atoms with E-state index in [1.54, 1.807) is 13.2 Å². The first-order chi connectivity index (χ1) is 9.61. The molecule has 3 aromatic rings. The molecular weight excluding hydrogens is 274 g/mol. The van der Waals surface area contributed by atoms with Crippen molar-refractivity contribution in [2.24, 2.45) is 7.05 Å². The van der Waals surface area contributed by atoms with Gasteiger partial charge in [-0.25, -0.2) is 4.98 Å². The molecule has 0 unspecified atom stereocenters. The van der Waals surface area contributed by atoms with Gasteiger partial charge in [-0.15, -0.1) is 0 Å². The van der Waals surface area contributed by atoms with E-state index in [4.69, 9.17) is 22.1 Å². The minimum absolute atomic E-state index is 0.534. The number of halogens is 1. The molecule has 0 amide bonds. The Morgan fingerprint density at radius 1 is 1.25 bits per heavy atom. The highest BCUT2D eigenvalue weighted by molar-refractivity contribution is 6.33. The summed E-state index contributed by atoms with van der Waals surface area (Å²) in [5.41, 5.74) is 9.30. The third-order valence-electron chi connectivity index (χ3n) is 3.38. The van der Waals surface area contributed by atoms with Crippen molar-refractivity contribution in [3.63, 3.8) is 0 Å². The summed E-state index contributed by atoms with van der Waals surface area (Å²) in [6.45, 7) is 0. The maximum Gasteiger partial charge on any atom is 0.143 e. The van der Waals surface area contributed by atoms with Gasteiger partial charge < -0.3 is 15.0 Å². The maximum absolute atomic E-state index is 6.08. The Morgan fingerprint density at radius 3 is 2.80 bits per heavy atom. The highest BCUT2D eigenvalue weighted by Crippen LogP contribution is 2.33. The zero-order valence-electron chi connectivity index (χ0n) is 11.2. The molecule has 0 aliphatic heterocycles. The number of hydrogen-bond acceptors (Lipinski definition) is 3. The van der Waals surface area contributed by atoms with Crippen LogP contribution in [0, 0.1) is 0 Å². The van der Waals surface area contributed by atoms with E-state index < -0.39 is 0 Å². The highest BCUT2D eigenvalue weighted by Gasteiger charge is 2.14. The molecule has 0 aliphatic rings. The summed E-state index contributed by atoms with van der Waals surface area (Å²) in [5.74, 6) is 1.56. The molecule has 4 nitrogen and oxygen atoms in total.